The van der Waals surface area contributed by atoms with E-state index in [9.17, 15) is 13.2 Å². The van der Waals surface area contributed by atoms with E-state index in [0.717, 1.165) is 0 Å². The predicted octanol–water partition coefficient (Wildman–Crippen LogP) is 0.743. The molecule has 0 rings (SSSR count). The molecule has 0 aromatic rings. The molecule has 0 spiro atoms. The number of sulfone groups is 1. The maximum absolute atomic E-state index is 11.4. The lowest BCUT2D eigenvalue weighted by atomic mass is 10.2. The van der Waals surface area contributed by atoms with Gasteiger partial charge in [0.05, 0.1) is 5.75 Å². The van der Waals surface area contributed by atoms with Crippen LogP contribution in [0.25, 0.3) is 0 Å². The van der Waals surface area contributed by atoms with Crippen LogP contribution in [0.1, 0.15) is 27.2 Å². The monoisotopic (exact) mass is 243 g/mol. The summed E-state index contributed by atoms with van der Waals surface area (Å²) in [6.07, 6.45) is 0.569. The molecule has 1 amide bonds. The minimum Gasteiger partial charge on any atom is -0.369 e. The van der Waals surface area contributed by atoms with E-state index in [-0.39, 0.29) is 18.2 Å². The minimum atomic E-state index is -3.33. The lowest BCUT2D eigenvalue weighted by molar-refractivity contribution is -0.117. The van der Waals surface area contributed by atoms with Crippen LogP contribution in [0.2, 0.25) is 0 Å². The number of hydrogen-bond donors (Lipinski definition) is 1. The average molecular weight is 244 g/mol. The van der Waals surface area contributed by atoms with Crippen molar-refractivity contribution < 1.29 is 13.2 Å². The molecule has 0 aromatic carbocycles. The van der Waals surface area contributed by atoms with Gasteiger partial charge in [-0.25, -0.2) is 8.42 Å². The predicted molar refractivity (Wildman–Crippen MR) is 59.1 cm³/mol. The molecule has 0 heterocycles. The summed E-state index contributed by atoms with van der Waals surface area (Å²) in [6.45, 7) is 5.20. The second-order valence-electron chi connectivity index (χ2n) is 3.59. The number of primary amides is 1. The second kappa shape index (κ2) is 6.24. The third-order valence-corrected chi connectivity index (χ3v) is 4.03. The van der Waals surface area contributed by atoms with Crippen LogP contribution in [0.5, 0.6) is 0 Å². The first-order valence-corrected chi connectivity index (χ1v) is 5.99. The fraction of sp³-hybridized carbons (Fsp3) is 0.875. The van der Waals surface area contributed by atoms with Gasteiger partial charge in [-0.3, -0.25) is 4.79 Å². The molecule has 0 aliphatic heterocycles. The van der Waals surface area contributed by atoms with E-state index in [1.165, 1.54) is 6.92 Å². The van der Waals surface area contributed by atoms with E-state index in [1.807, 2.05) is 13.8 Å². The second-order valence-corrected chi connectivity index (χ2v) is 6.04. The third-order valence-electron chi connectivity index (χ3n) is 1.92. The number of rotatable bonds is 5. The Hall–Kier alpha value is -0.290. The summed E-state index contributed by atoms with van der Waals surface area (Å²) in [4.78, 5) is 10.6. The highest BCUT2D eigenvalue weighted by Gasteiger charge is 2.25. The molecule has 0 fully saturated rings. The first kappa shape index (κ1) is 16.2. The Balaban J connectivity index is 0. The maximum atomic E-state index is 11.4. The number of nitrogens with two attached hydrogens (primary N) is 1. The van der Waals surface area contributed by atoms with Gasteiger partial charge in [-0.2, -0.15) is 0 Å². The van der Waals surface area contributed by atoms with E-state index in [0.29, 0.717) is 12.3 Å². The first-order chi connectivity index (χ1) is 5.77. The summed E-state index contributed by atoms with van der Waals surface area (Å²) in [7, 11) is -3.33. The van der Waals surface area contributed by atoms with E-state index < -0.39 is 21.0 Å². The summed E-state index contributed by atoms with van der Waals surface area (Å²) in [5, 5.41) is -1.06. The van der Waals surface area contributed by atoms with Crippen LogP contribution in [0.3, 0.4) is 0 Å². The van der Waals surface area contributed by atoms with Gasteiger partial charge in [0.2, 0.25) is 5.91 Å². The molecule has 86 valence electrons. The van der Waals surface area contributed by atoms with Gasteiger partial charge in [0.15, 0.2) is 9.84 Å². The Morgan fingerprint density at radius 1 is 1.29 bits per heavy atom. The Labute approximate surface area is 91.6 Å². The van der Waals surface area contributed by atoms with Crippen molar-refractivity contribution in [3.63, 3.8) is 0 Å². The van der Waals surface area contributed by atoms with E-state index in [4.69, 9.17) is 5.73 Å². The fourth-order valence-electron chi connectivity index (χ4n) is 0.754. The summed E-state index contributed by atoms with van der Waals surface area (Å²) < 4.78 is 22.8. The quantitative estimate of drug-likeness (QED) is 0.774. The molecule has 1 unspecified atom stereocenters. The Bertz CT molecular complexity index is 274. The van der Waals surface area contributed by atoms with Gasteiger partial charge in [-0.1, -0.05) is 13.8 Å². The van der Waals surface area contributed by atoms with Crippen LogP contribution in [-0.2, 0) is 14.6 Å². The summed E-state index contributed by atoms with van der Waals surface area (Å²) in [5.74, 6) is -0.423. The lowest BCUT2D eigenvalue weighted by Gasteiger charge is -2.10. The van der Waals surface area contributed by atoms with Crippen molar-refractivity contribution >= 4 is 28.2 Å². The zero-order valence-corrected chi connectivity index (χ0v) is 10.3. The average Bonchev–Trinajstić information content (AvgIpc) is 1.99. The van der Waals surface area contributed by atoms with Crippen LogP contribution in [0.4, 0.5) is 0 Å². The fourth-order valence-corrected chi connectivity index (χ4v) is 2.26. The Morgan fingerprint density at radius 2 is 1.71 bits per heavy atom. The smallest absolute Gasteiger partial charge is 0.235 e. The van der Waals surface area contributed by atoms with Gasteiger partial charge in [0.25, 0.3) is 0 Å². The molecule has 2 N–H and O–H groups in total. The number of halogens is 1. The third kappa shape index (κ3) is 5.44. The molecule has 6 heteroatoms. The number of carbonyl (C=O) groups is 1. The van der Waals surface area contributed by atoms with Crippen LogP contribution in [0.15, 0.2) is 0 Å². The van der Waals surface area contributed by atoms with Crippen LogP contribution < -0.4 is 5.73 Å². The van der Waals surface area contributed by atoms with E-state index >= 15 is 0 Å². The minimum absolute atomic E-state index is 0. The molecule has 0 aromatic heterocycles. The zero-order valence-electron chi connectivity index (χ0n) is 8.69. The first-order valence-electron chi connectivity index (χ1n) is 4.28. The molecule has 0 saturated heterocycles. The standard InChI is InChI=1S/C8H17NO3S.ClH/c1-6(2)4-5-13(11,12)7(3)8(9)10;/h6-7H,4-5H2,1-3H3,(H2,9,10);1H. The van der Waals surface area contributed by atoms with Crippen molar-refractivity contribution in [3.8, 4) is 0 Å². The molecule has 0 saturated carbocycles. The van der Waals surface area contributed by atoms with Crippen molar-refractivity contribution in [2.75, 3.05) is 5.75 Å². The highest BCUT2D eigenvalue weighted by Crippen LogP contribution is 2.08. The normalized spacial score (nSPS) is 13.4. The van der Waals surface area contributed by atoms with Crippen molar-refractivity contribution in [2.45, 2.75) is 32.4 Å². The zero-order chi connectivity index (χ0) is 10.6. The van der Waals surface area contributed by atoms with Crippen molar-refractivity contribution in [1.82, 2.24) is 0 Å². The van der Waals surface area contributed by atoms with Gasteiger partial charge in [0, 0.05) is 0 Å². The highest BCUT2D eigenvalue weighted by atomic mass is 35.5. The molecule has 0 radical (unpaired) electrons. The SMILES string of the molecule is CC(C)CCS(=O)(=O)C(C)C(N)=O.Cl. The Morgan fingerprint density at radius 3 is 2.00 bits per heavy atom. The highest BCUT2D eigenvalue weighted by molar-refractivity contribution is 7.92. The van der Waals surface area contributed by atoms with Crippen molar-refractivity contribution in [1.29, 1.82) is 0 Å². The summed E-state index contributed by atoms with van der Waals surface area (Å²) >= 11 is 0. The van der Waals surface area contributed by atoms with Crippen LogP contribution in [-0.4, -0.2) is 25.3 Å². The molecule has 0 aliphatic carbocycles. The summed E-state index contributed by atoms with van der Waals surface area (Å²) in [5.41, 5.74) is 4.91. The molecule has 14 heavy (non-hydrogen) atoms. The van der Waals surface area contributed by atoms with E-state index in [1.54, 1.807) is 0 Å². The van der Waals surface area contributed by atoms with Gasteiger partial charge in [-0.05, 0) is 19.3 Å². The van der Waals surface area contributed by atoms with Gasteiger partial charge in [-0.15, -0.1) is 12.4 Å². The molecular formula is C8H18ClNO3S. The van der Waals surface area contributed by atoms with Gasteiger partial charge < -0.3 is 5.73 Å². The largest absolute Gasteiger partial charge is 0.369 e. The van der Waals surface area contributed by atoms with Gasteiger partial charge in [0.1, 0.15) is 5.25 Å². The molecule has 0 bridgehead atoms. The number of amides is 1. The van der Waals surface area contributed by atoms with Crippen molar-refractivity contribution in [2.24, 2.45) is 11.7 Å². The molecule has 0 aliphatic rings. The molecular weight excluding hydrogens is 226 g/mol. The molecule has 1 atom stereocenters. The maximum Gasteiger partial charge on any atom is 0.235 e. The van der Waals surface area contributed by atoms with E-state index in [2.05, 4.69) is 0 Å². The Kier molecular flexibility index (Phi) is 7.20. The van der Waals surface area contributed by atoms with Crippen LogP contribution in [0, 0.1) is 5.92 Å². The number of hydrogen-bond acceptors (Lipinski definition) is 3. The topological polar surface area (TPSA) is 77.2 Å². The van der Waals surface area contributed by atoms with Gasteiger partial charge >= 0.3 is 0 Å². The lowest BCUT2D eigenvalue weighted by Crippen LogP contribution is -2.34. The number of carbonyl (C=O) groups excluding carboxylic acids is 1. The van der Waals surface area contributed by atoms with Crippen LogP contribution >= 0.6 is 12.4 Å². The van der Waals surface area contributed by atoms with Crippen molar-refractivity contribution in [3.05, 3.63) is 0 Å². The summed E-state index contributed by atoms with van der Waals surface area (Å²) in [6, 6.07) is 0. The molecule has 4 nitrogen and oxygen atoms in total.